The van der Waals surface area contributed by atoms with Crippen LogP contribution in [-0.4, -0.2) is 42.2 Å². The van der Waals surface area contributed by atoms with Gasteiger partial charge in [0, 0.05) is 18.7 Å². The number of piperidine rings is 1. The Morgan fingerprint density at radius 1 is 1.16 bits per heavy atom. The molecule has 0 bridgehead atoms. The van der Waals surface area contributed by atoms with Crippen molar-refractivity contribution in [1.29, 1.82) is 0 Å². The van der Waals surface area contributed by atoms with E-state index in [1.807, 2.05) is 20.8 Å². The number of amides is 2. The Hall–Kier alpha value is -2.24. The number of nitrogens with zero attached hydrogens (tertiary/aromatic N) is 1. The summed E-state index contributed by atoms with van der Waals surface area (Å²) in [5.41, 5.74) is 5.23. The first-order valence-electron chi connectivity index (χ1n) is 8.75. The van der Waals surface area contributed by atoms with E-state index in [0.29, 0.717) is 18.1 Å². The molecule has 1 heterocycles. The van der Waals surface area contributed by atoms with E-state index in [4.69, 9.17) is 15.2 Å². The number of carbonyl (C=O) groups excluding carboxylic acids is 2. The summed E-state index contributed by atoms with van der Waals surface area (Å²) in [5.74, 6) is 0.836. The molecule has 2 rings (SSSR count). The first-order chi connectivity index (χ1) is 11.7. The average molecular weight is 348 g/mol. The maximum absolute atomic E-state index is 12.0. The lowest BCUT2D eigenvalue weighted by Crippen LogP contribution is -2.41. The number of hydrogen-bond donors (Lipinski definition) is 1. The third kappa shape index (κ3) is 6.29. The molecule has 6 heteroatoms. The predicted octanol–water partition coefficient (Wildman–Crippen LogP) is 3.20. The molecule has 1 aliphatic heterocycles. The third-order valence-electron chi connectivity index (χ3n) is 4.20. The molecule has 0 aliphatic carbocycles. The Morgan fingerprint density at radius 2 is 1.76 bits per heavy atom. The SMILES string of the molecule is CC(C)(C)OC(=O)N1CCC(CCOc2ccc(C(N)=O)cc2)CC1. The minimum absolute atomic E-state index is 0.225. The maximum atomic E-state index is 12.0. The van der Waals surface area contributed by atoms with Crippen LogP contribution in [0.5, 0.6) is 5.75 Å². The molecule has 0 radical (unpaired) electrons. The Bertz CT molecular complexity index is 584. The molecule has 0 atom stereocenters. The Labute approximate surface area is 149 Å². The van der Waals surface area contributed by atoms with Gasteiger partial charge in [-0.25, -0.2) is 4.79 Å². The quantitative estimate of drug-likeness (QED) is 0.886. The fraction of sp³-hybridized carbons (Fsp3) is 0.579. The van der Waals surface area contributed by atoms with Gasteiger partial charge in [-0.1, -0.05) is 0 Å². The van der Waals surface area contributed by atoms with Gasteiger partial charge in [0.15, 0.2) is 0 Å². The monoisotopic (exact) mass is 348 g/mol. The number of hydrogen-bond acceptors (Lipinski definition) is 4. The highest BCUT2D eigenvalue weighted by Crippen LogP contribution is 2.23. The molecular formula is C19H28N2O4. The van der Waals surface area contributed by atoms with Crippen LogP contribution < -0.4 is 10.5 Å². The van der Waals surface area contributed by atoms with E-state index in [2.05, 4.69) is 0 Å². The lowest BCUT2D eigenvalue weighted by atomic mass is 9.94. The topological polar surface area (TPSA) is 81.9 Å². The molecule has 2 amide bonds. The van der Waals surface area contributed by atoms with Crippen LogP contribution in [-0.2, 0) is 4.74 Å². The highest BCUT2D eigenvalue weighted by molar-refractivity contribution is 5.92. The van der Waals surface area contributed by atoms with Crippen LogP contribution in [0, 0.1) is 5.92 Å². The minimum Gasteiger partial charge on any atom is -0.494 e. The van der Waals surface area contributed by atoms with Gasteiger partial charge in [0.25, 0.3) is 0 Å². The van der Waals surface area contributed by atoms with Gasteiger partial charge in [-0.2, -0.15) is 0 Å². The number of primary amides is 1. The summed E-state index contributed by atoms with van der Waals surface area (Å²) in [6.45, 7) is 7.72. The van der Waals surface area contributed by atoms with Crippen LogP contribution in [0.2, 0.25) is 0 Å². The fourth-order valence-corrected chi connectivity index (χ4v) is 2.79. The third-order valence-corrected chi connectivity index (χ3v) is 4.20. The fourth-order valence-electron chi connectivity index (χ4n) is 2.79. The van der Waals surface area contributed by atoms with E-state index >= 15 is 0 Å². The molecule has 0 spiro atoms. The number of likely N-dealkylation sites (tertiary alicyclic amines) is 1. The number of benzene rings is 1. The van der Waals surface area contributed by atoms with Gasteiger partial charge in [0.2, 0.25) is 5.91 Å². The van der Waals surface area contributed by atoms with Gasteiger partial charge in [-0.3, -0.25) is 4.79 Å². The van der Waals surface area contributed by atoms with Crippen LogP contribution in [0.4, 0.5) is 4.79 Å². The average Bonchev–Trinajstić information content (AvgIpc) is 2.54. The van der Waals surface area contributed by atoms with Crippen molar-refractivity contribution >= 4 is 12.0 Å². The predicted molar refractivity (Wildman–Crippen MR) is 95.6 cm³/mol. The standard InChI is InChI=1S/C19H28N2O4/c1-19(2,3)25-18(23)21-11-8-14(9-12-21)10-13-24-16-6-4-15(5-7-16)17(20)22/h4-7,14H,8-13H2,1-3H3,(H2,20,22). The van der Waals surface area contributed by atoms with Crippen molar-refractivity contribution in [2.24, 2.45) is 11.7 Å². The lowest BCUT2D eigenvalue weighted by Gasteiger charge is -2.33. The van der Waals surface area contributed by atoms with Crippen LogP contribution in [0.1, 0.15) is 50.4 Å². The zero-order chi connectivity index (χ0) is 18.4. The van der Waals surface area contributed by atoms with E-state index in [0.717, 1.165) is 38.1 Å². The van der Waals surface area contributed by atoms with Gasteiger partial charge >= 0.3 is 6.09 Å². The summed E-state index contributed by atoms with van der Waals surface area (Å²) in [5, 5.41) is 0. The van der Waals surface area contributed by atoms with E-state index < -0.39 is 11.5 Å². The Morgan fingerprint density at radius 3 is 2.28 bits per heavy atom. The van der Waals surface area contributed by atoms with Crippen molar-refractivity contribution in [1.82, 2.24) is 4.90 Å². The molecule has 2 N–H and O–H groups in total. The lowest BCUT2D eigenvalue weighted by molar-refractivity contribution is 0.0177. The first-order valence-corrected chi connectivity index (χ1v) is 8.75. The number of rotatable bonds is 5. The van der Waals surface area contributed by atoms with Crippen molar-refractivity contribution in [2.75, 3.05) is 19.7 Å². The van der Waals surface area contributed by atoms with Crippen molar-refractivity contribution < 1.29 is 19.1 Å². The molecule has 1 aromatic carbocycles. The van der Waals surface area contributed by atoms with Crippen LogP contribution in [0.25, 0.3) is 0 Å². The Balaban J connectivity index is 1.68. The minimum atomic E-state index is -0.453. The van der Waals surface area contributed by atoms with Gasteiger partial charge in [-0.15, -0.1) is 0 Å². The second kappa shape index (κ2) is 8.23. The van der Waals surface area contributed by atoms with Gasteiger partial charge < -0.3 is 20.1 Å². The number of ether oxygens (including phenoxy) is 2. The normalized spacial score (nSPS) is 15.7. The molecule has 138 valence electrons. The zero-order valence-corrected chi connectivity index (χ0v) is 15.3. The summed E-state index contributed by atoms with van der Waals surface area (Å²) >= 11 is 0. The molecule has 1 aliphatic rings. The second-order valence-corrected chi connectivity index (χ2v) is 7.44. The molecule has 0 aromatic heterocycles. The Kier molecular flexibility index (Phi) is 6.28. The van der Waals surface area contributed by atoms with Crippen molar-refractivity contribution in [2.45, 2.75) is 45.6 Å². The molecule has 0 saturated carbocycles. The van der Waals surface area contributed by atoms with E-state index in [1.165, 1.54) is 0 Å². The van der Waals surface area contributed by atoms with Crippen molar-refractivity contribution in [3.63, 3.8) is 0 Å². The summed E-state index contributed by atoms with van der Waals surface area (Å²) < 4.78 is 11.1. The van der Waals surface area contributed by atoms with Crippen LogP contribution in [0.15, 0.2) is 24.3 Å². The highest BCUT2D eigenvalue weighted by Gasteiger charge is 2.26. The van der Waals surface area contributed by atoms with E-state index in [1.54, 1.807) is 29.2 Å². The van der Waals surface area contributed by atoms with Crippen molar-refractivity contribution in [3.8, 4) is 5.75 Å². The summed E-state index contributed by atoms with van der Waals surface area (Å²) in [6, 6.07) is 6.84. The van der Waals surface area contributed by atoms with Crippen molar-refractivity contribution in [3.05, 3.63) is 29.8 Å². The largest absolute Gasteiger partial charge is 0.494 e. The molecule has 1 aromatic rings. The van der Waals surface area contributed by atoms with Gasteiger partial charge in [0.1, 0.15) is 11.4 Å². The molecule has 6 nitrogen and oxygen atoms in total. The zero-order valence-electron chi connectivity index (χ0n) is 15.3. The van der Waals surface area contributed by atoms with E-state index in [9.17, 15) is 9.59 Å². The summed E-state index contributed by atoms with van der Waals surface area (Å²) in [6.07, 6.45) is 2.64. The number of nitrogens with two attached hydrogens (primary N) is 1. The molecular weight excluding hydrogens is 320 g/mol. The molecule has 1 fully saturated rings. The van der Waals surface area contributed by atoms with E-state index in [-0.39, 0.29) is 6.09 Å². The van der Waals surface area contributed by atoms with Gasteiger partial charge in [-0.05, 0) is 70.2 Å². The van der Waals surface area contributed by atoms with Crippen LogP contribution in [0.3, 0.4) is 0 Å². The molecule has 0 unspecified atom stereocenters. The summed E-state index contributed by atoms with van der Waals surface area (Å²) in [7, 11) is 0. The van der Waals surface area contributed by atoms with Crippen LogP contribution >= 0.6 is 0 Å². The highest BCUT2D eigenvalue weighted by atomic mass is 16.6. The second-order valence-electron chi connectivity index (χ2n) is 7.44. The smallest absolute Gasteiger partial charge is 0.410 e. The first kappa shape index (κ1) is 19.1. The summed E-state index contributed by atoms with van der Waals surface area (Å²) in [4.78, 5) is 24.9. The molecule has 1 saturated heterocycles. The maximum Gasteiger partial charge on any atom is 0.410 e. The molecule has 25 heavy (non-hydrogen) atoms. The number of carbonyl (C=O) groups is 2. The van der Waals surface area contributed by atoms with Gasteiger partial charge in [0.05, 0.1) is 6.61 Å².